The number of rotatable bonds is 7. The molecule has 3 N–H and O–H groups in total. The number of hydrogen-bond donors (Lipinski definition) is 2. The highest BCUT2D eigenvalue weighted by atomic mass is 35.5. The molecular formula is C20H30ClF2N3O3. The molecule has 0 bridgehead atoms. The summed E-state index contributed by atoms with van der Waals surface area (Å²) in [5, 5.41) is 3.02. The SMILES string of the molecule is CC(C)C(C)(CN)NC(=O)C1CCCN(C(=O)c2ccccc2OC(F)F)C1.Cl. The molecule has 1 aliphatic heterocycles. The lowest BCUT2D eigenvalue weighted by Crippen LogP contribution is -2.58. The van der Waals surface area contributed by atoms with E-state index in [4.69, 9.17) is 5.73 Å². The number of nitrogens with one attached hydrogen (secondary N) is 1. The van der Waals surface area contributed by atoms with Gasteiger partial charge in [-0.1, -0.05) is 26.0 Å². The summed E-state index contributed by atoms with van der Waals surface area (Å²) in [5.41, 5.74) is 5.38. The normalized spacial score (nSPS) is 18.8. The van der Waals surface area contributed by atoms with Gasteiger partial charge in [0.2, 0.25) is 5.91 Å². The van der Waals surface area contributed by atoms with E-state index in [9.17, 15) is 18.4 Å². The highest BCUT2D eigenvalue weighted by Crippen LogP contribution is 2.26. The van der Waals surface area contributed by atoms with Crippen molar-refractivity contribution in [1.29, 1.82) is 0 Å². The Morgan fingerprint density at radius 1 is 1.34 bits per heavy atom. The third-order valence-corrected chi connectivity index (χ3v) is 5.52. The highest BCUT2D eigenvalue weighted by molar-refractivity contribution is 5.97. The molecule has 0 aromatic heterocycles. The molecule has 1 aliphatic rings. The van der Waals surface area contributed by atoms with Gasteiger partial charge in [-0.2, -0.15) is 8.78 Å². The number of halogens is 3. The third-order valence-electron chi connectivity index (χ3n) is 5.52. The number of carbonyl (C=O) groups is 2. The van der Waals surface area contributed by atoms with Crippen molar-refractivity contribution in [2.45, 2.75) is 45.8 Å². The van der Waals surface area contributed by atoms with E-state index in [0.717, 1.165) is 0 Å². The molecule has 2 rings (SSSR count). The van der Waals surface area contributed by atoms with Crippen LogP contribution in [0.1, 0.15) is 44.0 Å². The molecule has 1 saturated heterocycles. The van der Waals surface area contributed by atoms with E-state index < -0.39 is 18.1 Å². The number of likely N-dealkylation sites (tertiary alicyclic amines) is 1. The molecule has 0 spiro atoms. The minimum Gasteiger partial charge on any atom is -0.434 e. The van der Waals surface area contributed by atoms with Crippen molar-refractivity contribution in [3.63, 3.8) is 0 Å². The van der Waals surface area contributed by atoms with Gasteiger partial charge in [-0.05, 0) is 37.8 Å². The number of nitrogens with two attached hydrogens (primary N) is 1. The van der Waals surface area contributed by atoms with Crippen LogP contribution in [0.4, 0.5) is 8.78 Å². The first-order chi connectivity index (χ1) is 13.2. The molecule has 6 nitrogen and oxygen atoms in total. The number of hydrogen-bond acceptors (Lipinski definition) is 4. The molecule has 2 amide bonds. The van der Waals surface area contributed by atoms with E-state index in [0.29, 0.717) is 25.9 Å². The first-order valence-electron chi connectivity index (χ1n) is 9.53. The van der Waals surface area contributed by atoms with E-state index in [1.165, 1.54) is 23.1 Å². The molecule has 0 radical (unpaired) electrons. The minimum atomic E-state index is -3.01. The van der Waals surface area contributed by atoms with Crippen LogP contribution in [0.15, 0.2) is 24.3 Å². The molecule has 1 aromatic rings. The summed E-state index contributed by atoms with van der Waals surface area (Å²) in [6.07, 6.45) is 1.31. The summed E-state index contributed by atoms with van der Waals surface area (Å²) in [5.74, 6) is -0.938. The van der Waals surface area contributed by atoms with Gasteiger partial charge in [-0.25, -0.2) is 0 Å². The maximum Gasteiger partial charge on any atom is 0.387 e. The predicted octanol–water partition coefficient (Wildman–Crippen LogP) is 3.05. The second-order valence-corrected chi connectivity index (χ2v) is 7.73. The van der Waals surface area contributed by atoms with Crippen LogP contribution in [0.3, 0.4) is 0 Å². The topological polar surface area (TPSA) is 84.7 Å². The lowest BCUT2D eigenvalue weighted by molar-refractivity contribution is -0.128. The van der Waals surface area contributed by atoms with Crippen LogP contribution in [0.5, 0.6) is 5.75 Å². The summed E-state index contributed by atoms with van der Waals surface area (Å²) >= 11 is 0. The molecule has 1 heterocycles. The van der Waals surface area contributed by atoms with Gasteiger partial charge in [0.1, 0.15) is 5.75 Å². The Kier molecular flexibility index (Phi) is 9.29. The zero-order valence-corrected chi connectivity index (χ0v) is 17.8. The van der Waals surface area contributed by atoms with Crippen LogP contribution in [0, 0.1) is 11.8 Å². The molecule has 0 saturated carbocycles. The monoisotopic (exact) mass is 433 g/mol. The van der Waals surface area contributed by atoms with Gasteiger partial charge >= 0.3 is 6.61 Å². The van der Waals surface area contributed by atoms with Gasteiger partial charge in [-0.3, -0.25) is 9.59 Å². The van der Waals surface area contributed by atoms with Crippen LogP contribution < -0.4 is 15.8 Å². The summed E-state index contributed by atoms with van der Waals surface area (Å²) < 4.78 is 29.7. The zero-order valence-electron chi connectivity index (χ0n) is 17.0. The Hall–Kier alpha value is -1.93. The van der Waals surface area contributed by atoms with Gasteiger partial charge in [-0.15, -0.1) is 12.4 Å². The van der Waals surface area contributed by atoms with Crippen LogP contribution >= 0.6 is 12.4 Å². The number of ether oxygens (including phenoxy) is 1. The molecule has 0 aliphatic carbocycles. The fourth-order valence-corrected chi connectivity index (χ4v) is 3.20. The van der Waals surface area contributed by atoms with E-state index >= 15 is 0 Å². The van der Waals surface area contributed by atoms with Gasteiger partial charge in [0.25, 0.3) is 5.91 Å². The summed E-state index contributed by atoms with van der Waals surface area (Å²) in [6, 6.07) is 5.91. The fourth-order valence-electron chi connectivity index (χ4n) is 3.20. The second-order valence-electron chi connectivity index (χ2n) is 7.73. The first kappa shape index (κ1) is 25.1. The number of piperidine rings is 1. The van der Waals surface area contributed by atoms with Gasteiger partial charge in [0, 0.05) is 19.6 Å². The average Bonchev–Trinajstić information content (AvgIpc) is 2.67. The van der Waals surface area contributed by atoms with Crippen molar-refractivity contribution < 1.29 is 23.1 Å². The zero-order chi connectivity index (χ0) is 20.9. The second kappa shape index (κ2) is 10.7. The lowest BCUT2D eigenvalue weighted by Gasteiger charge is -2.37. The summed E-state index contributed by atoms with van der Waals surface area (Å²) in [4.78, 5) is 27.2. The molecule has 1 fully saturated rings. The molecule has 29 heavy (non-hydrogen) atoms. The van der Waals surface area contributed by atoms with Crippen molar-refractivity contribution in [2.24, 2.45) is 17.6 Å². The molecule has 1 aromatic carbocycles. The highest BCUT2D eigenvalue weighted by Gasteiger charge is 2.35. The number of alkyl halides is 2. The smallest absolute Gasteiger partial charge is 0.387 e. The van der Waals surface area contributed by atoms with Crippen LogP contribution in [0.25, 0.3) is 0 Å². The van der Waals surface area contributed by atoms with Crippen molar-refractivity contribution in [3.8, 4) is 5.75 Å². The van der Waals surface area contributed by atoms with Crippen LogP contribution in [0.2, 0.25) is 0 Å². The maximum atomic E-state index is 12.9. The third kappa shape index (κ3) is 6.27. The van der Waals surface area contributed by atoms with E-state index in [1.54, 1.807) is 6.07 Å². The Labute approximate surface area is 176 Å². The van der Waals surface area contributed by atoms with Crippen molar-refractivity contribution >= 4 is 24.2 Å². The number of benzene rings is 1. The van der Waals surface area contributed by atoms with Crippen molar-refractivity contribution in [2.75, 3.05) is 19.6 Å². The Morgan fingerprint density at radius 3 is 2.59 bits per heavy atom. The Bertz CT molecular complexity index is 705. The Morgan fingerprint density at radius 2 is 2.00 bits per heavy atom. The fraction of sp³-hybridized carbons (Fsp3) is 0.600. The van der Waals surface area contributed by atoms with E-state index in [1.807, 2.05) is 20.8 Å². The quantitative estimate of drug-likeness (QED) is 0.692. The average molecular weight is 434 g/mol. The molecule has 2 atom stereocenters. The number of amides is 2. The van der Waals surface area contributed by atoms with Gasteiger partial charge in [0.05, 0.1) is 17.0 Å². The predicted molar refractivity (Wildman–Crippen MR) is 109 cm³/mol. The molecular weight excluding hydrogens is 404 g/mol. The van der Waals surface area contributed by atoms with E-state index in [2.05, 4.69) is 10.1 Å². The molecule has 164 valence electrons. The standard InChI is InChI=1S/C20H29F2N3O3.ClH/c1-13(2)20(3,12-23)24-17(26)14-7-6-10-25(11-14)18(27)15-8-4-5-9-16(15)28-19(21)22;/h4-5,8-9,13-14,19H,6-7,10-12,23H2,1-3H3,(H,24,26);1H. The number of carbonyl (C=O) groups excluding carboxylic acids is 2. The van der Waals surface area contributed by atoms with Gasteiger partial charge in [0.15, 0.2) is 0 Å². The van der Waals surface area contributed by atoms with E-state index in [-0.39, 0.29) is 48.0 Å². The lowest BCUT2D eigenvalue weighted by atomic mass is 9.87. The van der Waals surface area contributed by atoms with Crippen molar-refractivity contribution in [3.05, 3.63) is 29.8 Å². The largest absolute Gasteiger partial charge is 0.434 e. The van der Waals surface area contributed by atoms with Gasteiger partial charge < -0.3 is 20.7 Å². The maximum absolute atomic E-state index is 12.9. The molecule has 9 heteroatoms. The minimum absolute atomic E-state index is 0. The first-order valence-corrected chi connectivity index (χ1v) is 9.53. The summed E-state index contributed by atoms with van der Waals surface area (Å²) in [7, 11) is 0. The van der Waals surface area contributed by atoms with Crippen LogP contribution in [-0.4, -0.2) is 48.5 Å². The Balaban J connectivity index is 0.00000420. The number of para-hydroxylation sites is 1. The summed E-state index contributed by atoms with van der Waals surface area (Å²) in [6.45, 7) is 3.87. The van der Waals surface area contributed by atoms with Crippen LogP contribution in [-0.2, 0) is 4.79 Å². The van der Waals surface area contributed by atoms with Crippen molar-refractivity contribution in [1.82, 2.24) is 10.2 Å². The number of nitrogens with zero attached hydrogens (tertiary/aromatic N) is 1. The molecule has 2 unspecified atom stereocenters.